The Morgan fingerprint density at radius 3 is 2.41 bits per heavy atom. The molecule has 5 rings (SSSR count). The minimum atomic E-state index is -1.01. The van der Waals surface area contributed by atoms with Gasteiger partial charge in [-0.3, -0.25) is 14.3 Å². The van der Waals surface area contributed by atoms with Gasteiger partial charge in [-0.2, -0.15) is 5.10 Å². The Kier molecular flexibility index (Phi) is 5.75. The van der Waals surface area contributed by atoms with Gasteiger partial charge in [0.25, 0.3) is 0 Å². The predicted molar refractivity (Wildman–Crippen MR) is 123 cm³/mol. The summed E-state index contributed by atoms with van der Waals surface area (Å²) in [5.74, 6) is -1.36. The van der Waals surface area contributed by atoms with Crippen LogP contribution in [-0.4, -0.2) is 46.0 Å². The van der Waals surface area contributed by atoms with Crippen LogP contribution in [0.2, 0.25) is 0 Å². The largest absolute Gasteiger partial charge is 0.480 e. The maximum Gasteiger partial charge on any atom is 0.407 e. The number of amides is 2. The molecule has 1 heterocycles. The van der Waals surface area contributed by atoms with E-state index in [-0.39, 0.29) is 36.8 Å². The second kappa shape index (κ2) is 9.01. The molecule has 2 aromatic carbocycles. The van der Waals surface area contributed by atoms with E-state index in [1.165, 1.54) is 28.2 Å². The van der Waals surface area contributed by atoms with Gasteiger partial charge in [-0.05, 0) is 34.6 Å². The highest BCUT2D eigenvalue weighted by atomic mass is 16.5. The van der Waals surface area contributed by atoms with Crippen molar-refractivity contribution in [2.75, 3.05) is 18.5 Å². The Morgan fingerprint density at radius 1 is 1.06 bits per heavy atom. The van der Waals surface area contributed by atoms with E-state index in [0.717, 1.165) is 11.1 Å². The van der Waals surface area contributed by atoms with Crippen LogP contribution in [0.15, 0.2) is 60.9 Å². The van der Waals surface area contributed by atoms with Crippen LogP contribution in [0.5, 0.6) is 0 Å². The number of rotatable bonds is 8. The number of carbonyl (C=O) groups excluding carboxylic acids is 2. The molecule has 0 unspecified atom stereocenters. The van der Waals surface area contributed by atoms with Crippen molar-refractivity contribution < 1.29 is 24.2 Å². The van der Waals surface area contributed by atoms with E-state index >= 15 is 0 Å². The first kappa shape index (κ1) is 21.7. The Balaban J connectivity index is 1.08. The highest BCUT2D eigenvalue weighted by Gasteiger charge is 2.43. The standard InChI is InChI=1S/C25H24N4O5/c30-23(31)13-29-12-16(11-27-29)28-24(32)21-9-15(21)10-26-25(33)34-14-22-19-7-3-1-5-17(19)18-6-2-4-8-20(18)22/h1-8,11-12,15,21-22H,9-10,13-14H2,(H,26,33)(H,28,32)(H,30,31)/t15-,21-/m1/s1. The summed E-state index contributed by atoms with van der Waals surface area (Å²) in [5, 5.41) is 18.2. The number of anilines is 1. The number of carbonyl (C=O) groups is 3. The number of carboxylic acid groups (broad SMARTS) is 1. The number of carboxylic acids is 1. The van der Waals surface area contributed by atoms with Gasteiger partial charge in [0.05, 0.1) is 11.9 Å². The highest BCUT2D eigenvalue weighted by Crippen LogP contribution is 2.44. The smallest absolute Gasteiger partial charge is 0.407 e. The zero-order valence-corrected chi connectivity index (χ0v) is 18.3. The molecule has 9 heteroatoms. The summed E-state index contributed by atoms with van der Waals surface area (Å²) in [6.45, 7) is 0.327. The van der Waals surface area contributed by atoms with E-state index in [1.807, 2.05) is 24.3 Å². The summed E-state index contributed by atoms with van der Waals surface area (Å²) in [4.78, 5) is 35.4. The molecule has 3 aromatic rings. The van der Waals surface area contributed by atoms with E-state index in [2.05, 4.69) is 40.0 Å². The first-order valence-electron chi connectivity index (χ1n) is 11.1. The topological polar surface area (TPSA) is 123 Å². The maximum atomic E-state index is 12.4. The van der Waals surface area contributed by atoms with Crippen molar-refractivity contribution in [3.63, 3.8) is 0 Å². The molecule has 0 bridgehead atoms. The molecular weight excluding hydrogens is 436 g/mol. The van der Waals surface area contributed by atoms with Crippen LogP contribution >= 0.6 is 0 Å². The van der Waals surface area contributed by atoms with E-state index in [0.29, 0.717) is 18.7 Å². The van der Waals surface area contributed by atoms with Gasteiger partial charge in [0, 0.05) is 24.6 Å². The van der Waals surface area contributed by atoms with Crippen LogP contribution in [-0.2, 0) is 20.9 Å². The lowest BCUT2D eigenvalue weighted by molar-refractivity contribution is -0.137. The molecule has 2 aliphatic rings. The van der Waals surface area contributed by atoms with Crippen LogP contribution in [0.4, 0.5) is 10.5 Å². The summed E-state index contributed by atoms with van der Waals surface area (Å²) in [6.07, 6.45) is 3.05. The number of nitrogens with zero attached hydrogens (tertiary/aromatic N) is 2. The van der Waals surface area contributed by atoms with Gasteiger partial charge in [0.2, 0.25) is 5.91 Å². The Hall–Kier alpha value is -4.14. The van der Waals surface area contributed by atoms with Gasteiger partial charge < -0.3 is 20.5 Å². The summed E-state index contributed by atoms with van der Waals surface area (Å²) in [6, 6.07) is 16.3. The molecule has 0 aliphatic heterocycles. The fraction of sp³-hybridized carbons (Fsp3) is 0.280. The Morgan fingerprint density at radius 2 is 1.74 bits per heavy atom. The molecule has 1 saturated carbocycles. The number of fused-ring (bicyclic) bond motifs is 3. The molecule has 1 aromatic heterocycles. The number of nitrogens with one attached hydrogen (secondary N) is 2. The third kappa shape index (κ3) is 4.50. The zero-order valence-electron chi connectivity index (χ0n) is 18.3. The van der Waals surface area contributed by atoms with Crippen LogP contribution in [0, 0.1) is 11.8 Å². The van der Waals surface area contributed by atoms with Crippen molar-refractivity contribution in [1.29, 1.82) is 0 Å². The van der Waals surface area contributed by atoms with Crippen molar-refractivity contribution in [2.24, 2.45) is 11.8 Å². The lowest BCUT2D eigenvalue weighted by atomic mass is 9.98. The second-order valence-corrected chi connectivity index (χ2v) is 8.62. The summed E-state index contributed by atoms with van der Waals surface area (Å²) >= 11 is 0. The molecule has 2 amide bonds. The van der Waals surface area contributed by atoms with Crippen LogP contribution in [0.25, 0.3) is 11.1 Å². The molecule has 34 heavy (non-hydrogen) atoms. The molecule has 9 nitrogen and oxygen atoms in total. The number of hydrogen-bond acceptors (Lipinski definition) is 5. The minimum absolute atomic E-state index is 0.000329. The highest BCUT2D eigenvalue weighted by molar-refractivity contribution is 5.94. The van der Waals surface area contributed by atoms with Gasteiger partial charge in [0.15, 0.2) is 0 Å². The van der Waals surface area contributed by atoms with Gasteiger partial charge in [-0.1, -0.05) is 48.5 Å². The van der Waals surface area contributed by atoms with Crippen LogP contribution in [0.1, 0.15) is 23.5 Å². The molecular formula is C25H24N4O5. The molecule has 2 atom stereocenters. The lowest BCUT2D eigenvalue weighted by Gasteiger charge is -2.14. The van der Waals surface area contributed by atoms with Gasteiger partial charge in [-0.25, -0.2) is 4.79 Å². The molecule has 1 fully saturated rings. The fourth-order valence-corrected chi connectivity index (χ4v) is 4.55. The van der Waals surface area contributed by atoms with Crippen molar-refractivity contribution in [2.45, 2.75) is 18.9 Å². The summed E-state index contributed by atoms with van der Waals surface area (Å²) < 4.78 is 6.77. The number of hydrogen-bond donors (Lipinski definition) is 3. The lowest BCUT2D eigenvalue weighted by Crippen LogP contribution is -2.29. The average molecular weight is 460 g/mol. The third-order valence-electron chi connectivity index (χ3n) is 6.31. The molecule has 0 spiro atoms. The van der Waals surface area contributed by atoms with Crippen LogP contribution in [0.3, 0.4) is 0 Å². The summed E-state index contributed by atoms with van der Waals surface area (Å²) in [7, 11) is 0. The molecule has 0 saturated heterocycles. The van der Waals surface area contributed by atoms with E-state index < -0.39 is 12.1 Å². The van der Waals surface area contributed by atoms with Gasteiger partial charge in [-0.15, -0.1) is 0 Å². The monoisotopic (exact) mass is 460 g/mol. The predicted octanol–water partition coefficient (Wildman–Crippen LogP) is 3.08. The van der Waals surface area contributed by atoms with Gasteiger partial charge in [0.1, 0.15) is 13.2 Å². The quantitative estimate of drug-likeness (QED) is 0.475. The third-order valence-corrected chi connectivity index (χ3v) is 6.31. The van der Waals surface area contributed by atoms with E-state index in [9.17, 15) is 14.4 Å². The number of aliphatic carboxylic acids is 1. The Labute approximate surface area is 195 Å². The summed E-state index contributed by atoms with van der Waals surface area (Å²) in [5.41, 5.74) is 5.10. The second-order valence-electron chi connectivity index (χ2n) is 8.62. The number of alkyl carbamates (subject to hydrolysis) is 1. The first-order chi connectivity index (χ1) is 16.5. The normalized spacial score (nSPS) is 18.0. The van der Waals surface area contributed by atoms with Crippen molar-refractivity contribution in [3.8, 4) is 11.1 Å². The zero-order chi connectivity index (χ0) is 23.7. The Bertz CT molecular complexity index is 1210. The van der Waals surface area contributed by atoms with Crippen molar-refractivity contribution in [3.05, 3.63) is 72.1 Å². The van der Waals surface area contributed by atoms with E-state index in [1.54, 1.807) is 0 Å². The number of ether oxygens (including phenoxy) is 1. The average Bonchev–Trinajstić information content (AvgIpc) is 3.38. The first-order valence-corrected chi connectivity index (χ1v) is 11.1. The molecule has 2 aliphatic carbocycles. The maximum absolute atomic E-state index is 12.4. The number of aromatic nitrogens is 2. The van der Waals surface area contributed by atoms with Crippen LogP contribution < -0.4 is 10.6 Å². The van der Waals surface area contributed by atoms with Gasteiger partial charge >= 0.3 is 12.1 Å². The van der Waals surface area contributed by atoms with Crippen molar-refractivity contribution >= 4 is 23.7 Å². The van der Waals surface area contributed by atoms with Crippen molar-refractivity contribution in [1.82, 2.24) is 15.1 Å². The van der Waals surface area contributed by atoms with E-state index in [4.69, 9.17) is 9.84 Å². The SMILES string of the molecule is O=C(O)Cn1cc(NC(=O)[C@@H]2C[C@@H]2CNC(=O)OCC2c3ccccc3-c3ccccc32)cn1. The molecule has 0 radical (unpaired) electrons. The molecule has 3 N–H and O–H groups in total. The minimum Gasteiger partial charge on any atom is -0.480 e. The number of benzene rings is 2. The fourth-order valence-electron chi connectivity index (χ4n) is 4.55. The molecule has 174 valence electrons.